The van der Waals surface area contributed by atoms with E-state index in [1.807, 2.05) is 7.05 Å². The van der Waals surface area contributed by atoms with Gasteiger partial charge in [0.1, 0.15) is 0 Å². The molecule has 0 saturated heterocycles. The first kappa shape index (κ1) is 19.4. The molecule has 0 atom stereocenters. The van der Waals surface area contributed by atoms with Crippen LogP contribution in [-0.2, 0) is 19.5 Å². The molecule has 0 fully saturated rings. The summed E-state index contributed by atoms with van der Waals surface area (Å²) in [4.78, 5) is 10.5. The van der Waals surface area contributed by atoms with Crippen molar-refractivity contribution in [2.24, 2.45) is 4.99 Å². The van der Waals surface area contributed by atoms with Crippen molar-refractivity contribution in [2.75, 3.05) is 14.1 Å². The second kappa shape index (κ2) is 9.49. The summed E-state index contributed by atoms with van der Waals surface area (Å²) in [5.41, 5.74) is 2.60. The first-order valence-corrected chi connectivity index (χ1v) is 7.41. The van der Waals surface area contributed by atoms with Gasteiger partial charge in [-0.2, -0.15) is 4.98 Å². The van der Waals surface area contributed by atoms with Crippen LogP contribution in [0.1, 0.15) is 29.8 Å². The molecule has 1 aromatic carbocycles. The highest BCUT2D eigenvalue weighted by Gasteiger charge is 2.08. The number of benzene rings is 1. The average Bonchev–Trinajstić information content (AvgIpc) is 2.94. The number of aryl methyl sites for hydroxylation is 2. The van der Waals surface area contributed by atoms with E-state index < -0.39 is 0 Å². The quantitative estimate of drug-likeness (QED) is 0.450. The molecule has 0 amide bonds. The molecular formula is C16H24IN5O. The molecule has 0 aliphatic rings. The number of hydrogen-bond acceptors (Lipinski definition) is 4. The Morgan fingerprint density at radius 3 is 2.43 bits per heavy atom. The molecule has 6 nitrogen and oxygen atoms in total. The maximum atomic E-state index is 4.95. The molecule has 1 heterocycles. The second-order valence-corrected chi connectivity index (χ2v) is 5.16. The summed E-state index contributed by atoms with van der Waals surface area (Å²) < 4.78 is 4.95. The van der Waals surface area contributed by atoms with Crippen molar-refractivity contribution in [3.05, 3.63) is 47.1 Å². The van der Waals surface area contributed by atoms with Crippen LogP contribution < -0.4 is 5.32 Å². The Kier molecular flexibility index (Phi) is 8.01. The smallest absolute Gasteiger partial charge is 0.223 e. The van der Waals surface area contributed by atoms with E-state index in [0.29, 0.717) is 18.3 Å². The standard InChI is InChI=1S/C16H23N5O.HI/c1-5-13-6-8-14(9-7-13)11-21(4)16(17-3)18-10-15-19-12(2)22-20-15;/h6-9H,5,10-11H2,1-4H3,(H,17,18);1H. The van der Waals surface area contributed by atoms with Crippen LogP contribution in [0.3, 0.4) is 0 Å². The fourth-order valence-corrected chi connectivity index (χ4v) is 2.19. The van der Waals surface area contributed by atoms with E-state index in [1.54, 1.807) is 14.0 Å². The Balaban J connectivity index is 0.00000264. The molecule has 2 rings (SSSR count). The predicted molar refractivity (Wildman–Crippen MR) is 102 cm³/mol. The molecule has 23 heavy (non-hydrogen) atoms. The molecule has 1 aromatic heterocycles. The van der Waals surface area contributed by atoms with Crippen LogP contribution >= 0.6 is 24.0 Å². The topological polar surface area (TPSA) is 66.5 Å². The lowest BCUT2D eigenvalue weighted by atomic mass is 10.1. The summed E-state index contributed by atoms with van der Waals surface area (Å²) in [6.07, 6.45) is 1.06. The number of nitrogens with one attached hydrogen (secondary N) is 1. The molecule has 126 valence electrons. The molecule has 0 spiro atoms. The lowest BCUT2D eigenvalue weighted by Crippen LogP contribution is -2.38. The zero-order valence-electron chi connectivity index (χ0n) is 14.0. The molecule has 7 heteroatoms. The third-order valence-electron chi connectivity index (χ3n) is 3.40. The van der Waals surface area contributed by atoms with Gasteiger partial charge in [-0.25, -0.2) is 0 Å². The van der Waals surface area contributed by atoms with E-state index >= 15 is 0 Å². The van der Waals surface area contributed by atoms with Crippen LogP contribution in [0.4, 0.5) is 0 Å². The van der Waals surface area contributed by atoms with E-state index in [2.05, 4.69) is 56.5 Å². The van der Waals surface area contributed by atoms with Gasteiger partial charge in [0.25, 0.3) is 0 Å². The van der Waals surface area contributed by atoms with Gasteiger partial charge in [-0.15, -0.1) is 24.0 Å². The van der Waals surface area contributed by atoms with Gasteiger partial charge >= 0.3 is 0 Å². The van der Waals surface area contributed by atoms with Crippen LogP contribution in [0.15, 0.2) is 33.8 Å². The Bertz CT molecular complexity index is 624. The Morgan fingerprint density at radius 1 is 1.26 bits per heavy atom. The molecule has 0 aliphatic heterocycles. The summed E-state index contributed by atoms with van der Waals surface area (Å²) in [5, 5.41) is 7.09. The van der Waals surface area contributed by atoms with Gasteiger partial charge in [0.2, 0.25) is 5.89 Å². The maximum absolute atomic E-state index is 4.95. The molecule has 2 aromatic rings. The zero-order chi connectivity index (χ0) is 15.9. The van der Waals surface area contributed by atoms with Gasteiger partial charge < -0.3 is 14.7 Å². The molecule has 0 radical (unpaired) electrons. The third kappa shape index (κ3) is 5.81. The zero-order valence-corrected chi connectivity index (χ0v) is 16.4. The van der Waals surface area contributed by atoms with Crippen LogP contribution in [0, 0.1) is 6.92 Å². The van der Waals surface area contributed by atoms with Crippen LogP contribution in [0.2, 0.25) is 0 Å². The number of rotatable bonds is 5. The molecule has 0 aliphatic carbocycles. The molecule has 0 bridgehead atoms. The second-order valence-electron chi connectivity index (χ2n) is 5.16. The highest BCUT2D eigenvalue weighted by molar-refractivity contribution is 14.0. The van der Waals surface area contributed by atoms with Gasteiger partial charge in [0, 0.05) is 27.6 Å². The summed E-state index contributed by atoms with van der Waals surface area (Å²) in [6, 6.07) is 8.65. The Hall–Kier alpha value is -1.64. The minimum atomic E-state index is 0. The van der Waals surface area contributed by atoms with Gasteiger partial charge in [-0.1, -0.05) is 36.3 Å². The lowest BCUT2D eigenvalue weighted by molar-refractivity contribution is 0.386. The third-order valence-corrected chi connectivity index (χ3v) is 3.40. The fourth-order valence-electron chi connectivity index (χ4n) is 2.19. The van der Waals surface area contributed by atoms with Crippen molar-refractivity contribution in [1.82, 2.24) is 20.4 Å². The number of aliphatic imine (C=N–C) groups is 1. The molecule has 0 unspecified atom stereocenters. The van der Waals surface area contributed by atoms with E-state index in [1.165, 1.54) is 11.1 Å². The molecule has 0 saturated carbocycles. The monoisotopic (exact) mass is 429 g/mol. The van der Waals surface area contributed by atoms with Gasteiger partial charge in [-0.3, -0.25) is 4.99 Å². The van der Waals surface area contributed by atoms with E-state index in [0.717, 1.165) is 18.9 Å². The van der Waals surface area contributed by atoms with Crippen molar-refractivity contribution in [1.29, 1.82) is 0 Å². The van der Waals surface area contributed by atoms with Crippen LogP contribution in [0.25, 0.3) is 0 Å². The highest BCUT2D eigenvalue weighted by atomic mass is 127. The number of nitrogens with zero attached hydrogens (tertiary/aromatic N) is 4. The van der Waals surface area contributed by atoms with Crippen LogP contribution in [0.5, 0.6) is 0 Å². The predicted octanol–water partition coefficient (Wildman–Crippen LogP) is 2.77. The largest absolute Gasteiger partial charge is 0.349 e. The van der Waals surface area contributed by atoms with Crippen molar-refractivity contribution in [2.45, 2.75) is 33.4 Å². The summed E-state index contributed by atoms with van der Waals surface area (Å²) in [6.45, 7) is 5.21. The van der Waals surface area contributed by atoms with Crippen molar-refractivity contribution in [3.8, 4) is 0 Å². The van der Waals surface area contributed by atoms with E-state index in [4.69, 9.17) is 4.52 Å². The lowest BCUT2D eigenvalue weighted by Gasteiger charge is -2.21. The van der Waals surface area contributed by atoms with E-state index in [9.17, 15) is 0 Å². The van der Waals surface area contributed by atoms with Crippen molar-refractivity contribution >= 4 is 29.9 Å². The summed E-state index contributed by atoms with van der Waals surface area (Å²) >= 11 is 0. The van der Waals surface area contributed by atoms with E-state index in [-0.39, 0.29) is 24.0 Å². The Labute approximate surface area is 154 Å². The number of aromatic nitrogens is 2. The highest BCUT2D eigenvalue weighted by Crippen LogP contribution is 2.07. The number of guanidine groups is 1. The van der Waals surface area contributed by atoms with Gasteiger partial charge in [0.15, 0.2) is 11.8 Å². The number of hydrogen-bond donors (Lipinski definition) is 1. The van der Waals surface area contributed by atoms with Crippen LogP contribution in [-0.4, -0.2) is 35.1 Å². The normalized spacial score (nSPS) is 11.0. The first-order chi connectivity index (χ1) is 10.6. The Morgan fingerprint density at radius 2 is 1.91 bits per heavy atom. The summed E-state index contributed by atoms with van der Waals surface area (Å²) in [7, 11) is 3.77. The summed E-state index contributed by atoms with van der Waals surface area (Å²) in [5.74, 6) is 1.98. The number of halogens is 1. The minimum absolute atomic E-state index is 0. The van der Waals surface area contributed by atoms with Crippen molar-refractivity contribution in [3.63, 3.8) is 0 Å². The average molecular weight is 429 g/mol. The van der Waals surface area contributed by atoms with Gasteiger partial charge in [0.05, 0.1) is 6.54 Å². The molecule has 1 N–H and O–H groups in total. The minimum Gasteiger partial charge on any atom is -0.349 e. The fraction of sp³-hybridized carbons (Fsp3) is 0.438. The van der Waals surface area contributed by atoms with Gasteiger partial charge in [-0.05, 0) is 17.5 Å². The maximum Gasteiger partial charge on any atom is 0.223 e. The first-order valence-electron chi connectivity index (χ1n) is 7.41. The molecular weight excluding hydrogens is 405 g/mol. The van der Waals surface area contributed by atoms with Crippen molar-refractivity contribution < 1.29 is 4.52 Å². The SMILES string of the molecule is CCc1ccc(CN(C)C(=NC)NCc2noc(C)n2)cc1.I.